The molecule has 3 heteroatoms. The normalized spacial score (nSPS) is 12.3. The van der Waals surface area contributed by atoms with Crippen molar-refractivity contribution in [2.75, 3.05) is 0 Å². The first kappa shape index (κ1) is 13.6. The van der Waals surface area contributed by atoms with E-state index in [2.05, 4.69) is 0 Å². The number of hydrogen-bond acceptors (Lipinski definition) is 2. The van der Waals surface area contributed by atoms with E-state index in [-0.39, 0.29) is 11.9 Å². The average molecular weight is 259 g/mol. The zero-order chi connectivity index (χ0) is 14.0. The first-order valence-corrected chi connectivity index (χ1v) is 6.28. The SMILES string of the molecule is Cc1cccc(Oc2ccc(F)cc2C(C)N)c1C. The van der Waals surface area contributed by atoms with E-state index in [4.69, 9.17) is 10.5 Å². The molecule has 0 amide bonds. The lowest BCUT2D eigenvalue weighted by Crippen LogP contribution is -2.07. The minimum atomic E-state index is -0.305. The minimum absolute atomic E-state index is 0.282. The van der Waals surface area contributed by atoms with Crippen LogP contribution in [-0.4, -0.2) is 0 Å². The van der Waals surface area contributed by atoms with Gasteiger partial charge in [0, 0.05) is 11.6 Å². The van der Waals surface area contributed by atoms with E-state index >= 15 is 0 Å². The number of halogens is 1. The van der Waals surface area contributed by atoms with Crippen LogP contribution >= 0.6 is 0 Å². The number of aryl methyl sites for hydroxylation is 1. The largest absolute Gasteiger partial charge is 0.457 e. The summed E-state index contributed by atoms with van der Waals surface area (Å²) in [5.41, 5.74) is 8.75. The molecule has 2 aromatic rings. The molecule has 0 spiro atoms. The summed E-state index contributed by atoms with van der Waals surface area (Å²) in [6.45, 7) is 5.84. The second-order valence-electron chi connectivity index (χ2n) is 4.77. The third-order valence-electron chi connectivity index (χ3n) is 3.24. The van der Waals surface area contributed by atoms with E-state index in [1.54, 1.807) is 6.07 Å². The molecule has 19 heavy (non-hydrogen) atoms. The van der Waals surface area contributed by atoms with E-state index in [1.807, 2.05) is 39.0 Å². The molecule has 2 rings (SSSR count). The van der Waals surface area contributed by atoms with Crippen molar-refractivity contribution in [1.29, 1.82) is 0 Å². The fourth-order valence-corrected chi connectivity index (χ4v) is 1.92. The molecule has 0 saturated carbocycles. The molecule has 0 aliphatic heterocycles. The highest BCUT2D eigenvalue weighted by Gasteiger charge is 2.12. The van der Waals surface area contributed by atoms with Gasteiger partial charge < -0.3 is 10.5 Å². The van der Waals surface area contributed by atoms with Gasteiger partial charge in [-0.15, -0.1) is 0 Å². The second-order valence-corrected chi connectivity index (χ2v) is 4.77. The molecule has 0 fully saturated rings. The summed E-state index contributed by atoms with van der Waals surface area (Å²) >= 11 is 0. The van der Waals surface area contributed by atoms with Gasteiger partial charge in [0.2, 0.25) is 0 Å². The Hall–Kier alpha value is -1.87. The maximum Gasteiger partial charge on any atom is 0.132 e. The summed E-state index contributed by atoms with van der Waals surface area (Å²) in [6, 6.07) is 10.0. The summed E-state index contributed by atoms with van der Waals surface area (Å²) < 4.78 is 19.2. The highest BCUT2D eigenvalue weighted by molar-refractivity contribution is 5.44. The van der Waals surface area contributed by atoms with Crippen LogP contribution in [0.4, 0.5) is 4.39 Å². The Labute approximate surface area is 113 Å². The van der Waals surface area contributed by atoms with Crippen LogP contribution in [-0.2, 0) is 0 Å². The minimum Gasteiger partial charge on any atom is -0.457 e. The standard InChI is InChI=1S/C16H18FNO/c1-10-5-4-6-15(11(10)2)19-16-8-7-13(17)9-14(16)12(3)18/h4-9,12H,18H2,1-3H3. The smallest absolute Gasteiger partial charge is 0.132 e. The van der Waals surface area contributed by atoms with Gasteiger partial charge in [0.15, 0.2) is 0 Å². The molecule has 0 aliphatic rings. The number of ether oxygens (including phenoxy) is 1. The van der Waals surface area contributed by atoms with Crippen molar-refractivity contribution in [3.63, 3.8) is 0 Å². The molecule has 1 atom stereocenters. The molecule has 2 nitrogen and oxygen atoms in total. The van der Waals surface area contributed by atoms with Gasteiger partial charge in [0.1, 0.15) is 17.3 Å². The van der Waals surface area contributed by atoms with Crippen LogP contribution in [0, 0.1) is 19.7 Å². The third kappa shape index (κ3) is 2.93. The predicted octanol–water partition coefficient (Wildman–Crippen LogP) is 4.25. The molecule has 2 aromatic carbocycles. The molecule has 0 aromatic heterocycles. The van der Waals surface area contributed by atoms with Gasteiger partial charge >= 0.3 is 0 Å². The average Bonchev–Trinajstić information content (AvgIpc) is 2.36. The zero-order valence-electron chi connectivity index (χ0n) is 11.4. The first-order valence-electron chi connectivity index (χ1n) is 6.28. The molecular weight excluding hydrogens is 241 g/mol. The van der Waals surface area contributed by atoms with Gasteiger partial charge in [-0.1, -0.05) is 12.1 Å². The van der Waals surface area contributed by atoms with Gasteiger partial charge in [-0.2, -0.15) is 0 Å². The topological polar surface area (TPSA) is 35.2 Å². The molecule has 1 unspecified atom stereocenters. The number of rotatable bonds is 3. The Morgan fingerprint density at radius 2 is 1.84 bits per heavy atom. The molecule has 100 valence electrons. The molecule has 2 N–H and O–H groups in total. The lowest BCUT2D eigenvalue weighted by atomic mass is 10.1. The Morgan fingerprint density at radius 1 is 1.11 bits per heavy atom. The lowest BCUT2D eigenvalue weighted by Gasteiger charge is -2.16. The van der Waals surface area contributed by atoms with Crippen molar-refractivity contribution < 1.29 is 9.13 Å². The molecule has 0 radical (unpaired) electrons. The lowest BCUT2D eigenvalue weighted by molar-refractivity contribution is 0.465. The van der Waals surface area contributed by atoms with Crippen molar-refractivity contribution in [2.24, 2.45) is 5.73 Å². The van der Waals surface area contributed by atoms with E-state index < -0.39 is 0 Å². The summed E-state index contributed by atoms with van der Waals surface area (Å²) in [5.74, 6) is 1.07. The maximum absolute atomic E-state index is 13.3. The van der Waals surface area contributed by atoms with E-state index in [0.29, 0.717) is 11.3 Å². The van der Waals surface area contributed by atoms with Gasteiger partial charge in [-0.05, 0) is 56.2 Å². The van der Waals surface area contributed by atoms with E-state index in [0.717, 1.165) is 16.9 Å². The monoisotopic (exact) mass is 259 g/mol. The van der Waals surface area contributed by atoms with Crippen LogP contribution in [0.3, 0.4) is 0 Å². The van der Waals surface area contributed by atoms with Gasteiger partial charge in [-0.25, -0.2) is 4.39 Å². The molecular formula is C16H18FNO. The highest BCUT2D eigenvalue weighted by atomic mass is 19.1. The van der Waals surface area contributed by atoms with Crippen molar-refractivity contribution in [3.8, 4) is 11.5 Å². The highest BCUT2D eigenvalue weighted by Crippen LogP contribution is 2.32. The zero-order valence-corrected chi connectivity index (χ0v) is 11.4. The summed E-state index contributed by atoms with van der Waals surface area (Å²) in [6.07, 6.45) is 0. The molecule has 0 heterocycles. The van der Waals surface area contributed by atoms with E-state index in [1.165, 1.54) is 12.1 Å². The number of nitrogens with two attached hydrogens (primary N) is 1. The van der Waals surface area contributed by atoms with Crippen molar-refractivity contribution >= 4 is 0 Å². The van der Waals surface area contributed by atoms with Crippen LogP contribution < -0.4 is 10.5 Å². The predicted molar refractivity (Wildman–Crippen MR) is 75.0 cm³/mol. The Balaban J connectivity index is 2.41. The van der Waals surface area contributed by atoms with Crippen molar-refractivity contribution in [3.05, 3.63) is 58.9 Å². The van der Waals surface area contributed by atoms with Crippen LogP contribution in [0.25, 0.3) is 0 Å². The fourth-order valence-electron chi connectivity index (χ4n) is 1.92. The quantitative estimate of drug-likeness (QED) is 0.894. The van der Waals surface area contributed by atoms with Crippen LogP contribution in [0.5, 0.6) is 11.5 Å². The third-order valence-corrected chi connectivity index (χ3v) is 3.24. The molecule has 0 saturated heterocycles. The van der Waals surface area contributed by atoms with Gasteiger partial charge in [-0.3, -0.25) is 0 Å². The van der Waals surface area contributed by atoms with Gasteiger partial charge in [0.05, 0.1) is 0 Å². The van der Waals surface area contributed by atoms with Crippen LogP contribution in [0.2, 0.25) is 0 Å². The summed E-state index contributed by atoms with van der Waals surface area (Å²) in [7, 11) is 0. The second kappa shape index (κ2) is 5.41. The summed E-state index contributed by atoms with van der Waals surface area (Å²) in [5, 5.41) is 0. The van der Waals surface area contributed by atoms with Crippen LogP contribution in [0.15, 0.2) is 36.4 Å². The van der Waals surface area contributed by atoms with Crippen molar-refractivity contribution in [2.45, 2.75) is 26.8 Å². The Bertz CT molecular complexity index is 593. The first-order chi connectivity index (χ1) is 8.99. The Morgan fingerprint density at radius 3 is 2.53 bits per heavy atom. The number of hydrogen-bond donors (Lipinski definition) is 1. The summed E-state index contributed by atoms with van der Waals surface area (Å²) in [4.78, 5) is 0. The number of benzene rings is 2. The van der Waals surface area contributed by atoms with Crippen molar-refractivity contribution in [1.82, 2.24) is 0 Å². The van der Waals surface area contributed by atoms with Gasteiger partial charge in [0.25, 0.3) is 0 Å². The maximum atomic E-state index is 13.3. The fraction of sp³-hybridized carbons (Fsp3) is 0.250. The van der Waals surface area contributed by atoms with Crippen LogP contribution in [0.1, 0.15) is 29.7 Å². The molecule has 0 aliphatic carbocycles. The molecule has 0 bridgehead atoms. The van der Waals surface area contributed by atoms with E-state index in [9.17, 15) is 4.39 Å². The Kier molecular flexibility index (Phi) is 3.86.